The van der Waals surface area contributed by atoms with E-state index in [2.05, 4.69) is 4.98 Å². The number of carbonyl (C=O) groups is 1. The summed E-state index contributed by atoms with van der Waals surface area (Å²) in [4.78, 5) is 42.0. The van der Waals surface area contributed by atoms with E-state index in [1.807, 2.05) is 6.92 Å². The van der Waals surface area contributed by atoms with Gasteiger partial charge in [-0.1, -0.05) is 19.4 Å². The van der Waals surface area contributed by atoms with Gasteiger partial charge in [0, 0.05) is 26.2 Å². The standard InChI is InChI=1S/C22H27N5O6S/c1-4-5-11-26-19(23)18(20(28)24-22(26)30)27(14-16-9-7-12-33-16)21(29)15-8-6-10-17(13-15)34(31,32)25(2)3/h6-10,12-13H,4-5,11,14,23H2,1-3H3,(H,24,28,30). The summed E-state index contributed by atoms with van der Waals surface area (Å²) in [6.07, 6.45) is 2.83. The molecule has 0 bridgehead atoms. The summed E-state index contributed by atoms with van der Waals surface area (Å²) < 4.78 is 32.7. The lowest BCUT2D eigenvalue weighted by atomic mass is 10.2. The number of carbonyl (C=O) groups excluding carboxylic acids is 1. The molecule has 34 heavy (non-hydrogen) atoms. The Labute approximate surface area is 196 Å². The van der Waals surface area contributed by atoms with Crippen molar-refractivity contribution in [2.24, 2.45) is 0 Å². The number of H-pyrrole nitrogens is 1. The van der Waals surface area contributed by atoms with Gasteiger partial charge in [0.1, 0.15) is 11.6 Å². The first-order valence-electron chi connectivity index (χ1n) is 10.6. The van der Waals surface area contributed by atoms with Crippen LogP contribution in [0.15, 0.2) is 61.6 Å². The molecule has 1 amide bonds. The molecule has 2 heterocycles. The molecule has 0 atom stereocenters. The van der Waals surface area contributed by atoms with Gasteiger partial charge >= 0.3 is 5.69 Å². The SMILES string of the molecule is CCCCn1c(N)c(N(Cc2ccco2)C(=O)c2cccc(S(=O)(=O)N(C)C)c2)c(=O)[nH]c1=O. The Morgan fingerprint density at radius 2 is 1.91 bits per heavy atom. The monoisotopic (exact) mass is 489 g/mol. The molecule has 0 saturated carbocycles. The fourth-order valence-electron chi connectivity index (χ4n) is 3.34. The first-order chi connectivity index (χ1) is 16.1. The topological polar surface area (TPSA) is 152 Å². The summed E-state index contributed by atoms with van der Waals surface area (Å²) in [7, 11) is -1.04. The van der Waals surface area contributed by atoms with Gasteiger partial charge in [0.15, 0.2) is 5.69 Å². The lowest BCUT2D eigenvalue weighted by Gasteiger charge is -2.24. The van der Waals surface area contributed by atoms with Gasteiger partial charge in [0.25, 0.3) is 11.5 Å². The number of hydrogen-bond acceptors (Lipinski definition) is 7. The average molecular weight is 490 g/mol. The van der Waals surface area contributed by atoms with Gasteiger partial charge in [-0.15, -0.1) is 0 Å². The van der Waals surface area contributed by atoms with Gasteiger partial charge in [-0.3, -0.25) is 24.0 Å². The highest BCUT2D eigenvalue weighted by Crippen LogP contribution is 2.24. The summed E-state index contributed by atoms with van der Waals surface area (Å²) in [6, 6.07) is 8.70. The molecule has 0 aliphatic carbocycles. The lowest BCUT2D eigenvalue weighted by Crippen LogP contribution is -2.41. The third kappa shape index (κ3) is 4.97. The first kappa shape index (κ1) is 25.0. The Hall–Kier alpha value is -3.64. The van der Waals surface area contributed by atoms with Crippen molar-refractivity contribution in [3.8, 4) is 0 Å². The third-order valence-electron chi connectivity index (χ3n) is 5.22. The molecule has 3 rings (SSSR count). The second-order valence-corrected chi connectivity index (χ2v) is 9.94. The number of aromatic nitrogens is 2. The van der Waals surface area contributed by atoms with E-state index < -0.39 is 27.2 Å². The molecule has 0 aliphatic heterocycles. The van der Waals surface area contributed by atoms with E-state index in [-0.39, 0.29) is 35.1 Å². The summed E-state index contributed by atoms with van der Waals surface area (Å²) in [6.45, 7) is 2.02. The molecule has 1 aromatic carbocycles. The van der Waals surface area contributed by atoms with Crippen molar-refractivity contribution in [2.45, 2.75) is 37.8 Å². The smallest absolute Gasteiger partial charge is 0.330 e. The zero-order valence-electron chi connectivity index (χ0n) is 19.1. The molecule has 0 radical (unpaired) electrons. The minimum absolute atomic E-state index is 0.0135. The molecule has 11 nitrogen and oxygen atoms in total. The van der Waals surface area contributed by atoms with E-state index in [1.165, 1.54) is 49.2 Å². The lowest BCUT2D eigenvalue weighted by molar-refractivity contribution is 0.0982. The Morgan fingerprint density at radius 3 is 2.53 bits per heavy atom. The number of amides is 1. The predicted molar refractivity (Wildman–Crippen MR) is 127 cm³/mol. The molecule has 0 fully saturated rings. The number of hydrogen-bond donors (Lipinski definition) is 2. The zero-order valence-corrected chi connectivity index (χ0v) is 20.0. The zero-order chi connectivity index (χ0) is 25.0. The van der Waals surface area contributed by atoms with Gasteiger partial charge in [-0.2, -0.15) is 0 Å². The van der Waals surface area contributed by atoms with Gasteiger partial charge in [-0.25, -0.2) is 17.5 Å². The second-order valence-electron chi connectivity index (χ2n) is 7.78. The number of unbranched alkanes of at least 4 members (excludes halogenated alkanes) is 1. The van der Waals surface area contributed by atoms with Crippen molar-refractivity contribution in [3.05, 3.63) is 74.8 Å². The quantitative estimate of drug-likeness (QED) is 0.463. The molecule has 3 aromatic rings. The molecule has 0 saturated heterocycles. The van der Waals surface area contributed by atoms with E-state index in [0.717, 1.165) is 15.6 Å². The van der Waals surface area contributed by atoms with Crippen LogP contribution in [0.2, 0.25) is 0 Å². The van der Waals surface area contributed by atoms with E-state index in [1.54, 1.807) is 12.1 Å². The van der Waals surface area contributed by atoms with Gasteiger partial charge in [-0.05, 0) is 36.8 Å². The number of nitrogens with two attached hydrogens (primary N) is 1. The summed E-state index contributed by atoms with van der Waals surface area (Å²) in [5.41, 5.74) is 4.50. The van der Waals surface area contributed by atoms with Crippen LogP contribution in [0.5, 0.6) is 0 Å². The van der Waals surface area contributed by atoms with Gasteiger partial charge < -0.3 is 10.2 Å². The van der Waals surface area contributed by atoms with E-state index in [0.29, 0.717) is 12.2 Å². The molecular weight excluding hydrogens is 462 g/mol. The van der Waals surface area contributed by atoms with Crippen molar-refractivity contribution >= 4 is 27.4 Å². The van der Waals surface area contributed by atoms with Crippen LogP contribution in [0.25, 0.3) is 0 Å². The van der Waals surface area contributed by atoms with Crippen LogP contribution in [-0.4, -0.2) is 42.3 Å². The fraction of sp³-hybridized carbons (Fsp3) is 0.318. The van der Waals surface area contributed by atoms with Crippen molar-refractivity contribution < 1.29 is 17.6 Å². The Bertz CT molecular complexity index is 1390. The number of aromatic amines is 1. The molecule has 0 unspecified atom stereocenters. The number of sulfonamides is 1. The fourth-order valence-corrected chi connectivity index (χ4v) is 4.29. The van der Waals surface area contributed by atoms with Crippen LogP contribution in [-0.2, 0) is 23.1 Å². The number of benzene rings is 1. The molecular formula is C22H27N5O6S. The summed E-state index contributed by atoms with van der Waals surface area (Å²) >= 11 is 0. The highest BCUT2D eigenvalue weighted by Gasteiger charge is 2.27. The van der Waals surface area contributed by atoms with E-state index >= 15 is 0 Å². The van der Waals surface area contributed by atoms with Crippen molar-refractivity contribution in [1.29, 1.82) is 0 Å². The maximum Gasteiger partial charge on any atom is 0.330 e. The maximum atomic E-state index is 13.6. The Morgan fingerprint density at radius 1 is 1.18 bits per heavy atom. The van der Waals surface area contributed by atoms with Crippen molar-refractivity contribution in [3.63, 3.8) is 0 Å². The molecule has 0 aliphatic rings. The molecule has 3 N–H and O–H groups in total. The highest BCUT2D eigenvalue weighted by atomic mass is 32.2. The normalized spacial score (nSPS) is 11.6. The second kappa shape index (κ2) is 10.1. The Balaban J connectivity index is 2.17. The number of anilines is 2. The van der Waals surface area contributed by atoms with E-state index in [9.17, 15) is 22.8 Å². The van der Waals surface area contributed by atoms with E-state index in [4.69, 9.17) is 10.2 Å². The van der Waals surface area contributed by atoms with Crippen molar-refractivity contribution in [2.75, 3.05) is 24.7 Å². The highest BCUT2D eigenvalue weighted by molar-refractivity contribution is 7.89. The van der Waals surface area contributed by atoms with Crippen molar-refractivity contribution in [1.82, 2.24) is 13.9 Å². The van der Waals surface area contributed by atoms with Crippen LogP contribution in [0, 0.1) is 0 Å². The Kier molecular flexibility index (Phi) is 7.42. The minimum Gasteiger partial charge on any atom is -0.467 e. The number of nitrogens with one attached hydrogen (secondary N) is 1. The molecule has 2 aromatic heterocycles. The van der Waals surface area contributed by atoms with Crippen LogP contribution < -0.4 is 21.9 Å². The first-order valence-corrected chi connectivity index (χ1v) is 12.0. The summed E-state index contributed by atoms with van der Waals surface area (Å²) in [5.74, 6) is -0.500. The van der Waals surface area contributed by atoms with Crippen LogP contribution >= 0.6 is 0 Å². The average Bonchev–Trinajstić information content (AvgIpc) is 3.31. The van der Waals surface area contributed by atoms with Gasteiger partial charge in [0.2, 0.25) is 10.0 Å². The maximum absolute atomic E-state index is 13.6. The van der Waals surface area contributed by atoms with Crippen LogP contribution in [0.3, 0.4) is 0 Å². The number of furan rings is 1. The third-order valence-corrected chi connectivity index (χ3v) is 7.03. The molecule has 182 valence electrons. The number of rotatable bonds is 9. The largest absolute Gasteiger partial charge is 0.467 e. The number of nitrogens with zero attached hydrogens (tertiary/aromatic N) is 3. The minimum atomic E-state index is -3.81. The van der Waals surface area contributed by atoms with Crippen LogP contribution in [0.1, 0.15) is 35.9 Å². The number of nitrogen functional groups attached to an aromatic ring is 1. The molecule has 12 heteroatoms. The molecule has 0 spiro atoms. The summed E-state index contributed by atoms with van der Waals surface area (Å²) in [5, 5.41) is 0. The van der Waals surface area contributed by atoms with Gasteiger partial charge in [0.05, 0.1) is 17.7 Å². The predicted octanol–water partition coefficient (Wildman–Crippen LogP) is 1.61. The van der Waals surface area contributed by atoms with Crippen LogP contribution in [0.4, 0.5) is 11.5 Å².